The lowest BCUT2D eigenvalue weighted by Gasteiger charge is -2.36. The Morgan fingerprint density at radius 3 is 2.52 bits per heavy atom. The van der Waals surface area contributed by atoms with Crippen molar-refractivity contribution >= 4 is 11.7 Å². The molecule has 1 aliphatic heterocycles. The van der Waals surface area contributed by atoms with Gasteiger partial charge >= 0.3 is 6.03 Å². The van der Waals surface area contributed by atoms with E-state index in [4.69, 9.17) is 14.2 Å². The number of urea groups is 1. The van der Waals surface area contributed by atoms with Crippen LogP contribution in [0.2, 0.25) is 0 Å². The minimum absolute atomic E-state index is 0.0975. The molecule has 0 saturated carbocycles. The lowest BCUT2D eigenvalue weighted by Crippen LogP contribution is -2.49. The van der Waals surface area contributed by atoms with Crippen molar-refractivity contribution in [1.82, 2.24) is 4.90 Å². The Morgan fingerprint density at radius 1 is 0.968 bits per heavy atom. The van der Waals surface area contributed by atoms with E-state index in [0.717, 1.165) is 36.9 Å². The highest BCUT2D eigenvalue weighted by molar-refractivity contribution is 5.93. The number of ether oxygens (including phenoxy) is 3. The molecule has 0 N–H and O–H groups in total. The number of benzene rings is 2. The molecule has 7 heteroatoms. The third kappa shape index (κ3) is 5.60. The predicted octanol–water partition coefficient (Wildman–Crippen LogP) is 5.24. The SMILES string of the molecule is CCCCCOc1cc(N2CCCN(Cc3ccc(F)cc3OC)C2=O)ccc1OC. The Balaban J connectivity index is 1.76. The van der Waals surface area contributed by atoms with Crippen molar-refractivity contribution in [2.24, 2.45) is 0 Å². The standard InChI is InChI=1S/C24H31FN2O4/c1-4-5-6-14-31-23-16-20(10-11-21(23)29-2)27-13-7-12-26(24(27)28)17-18-8-9-19(25)15-22(18)30-3/h8-11,15-16H,4-7,12-14,17H2,1-3H3. The number of hydrogen-bond donors (Lipinski definition) is 0. The Morgan fingerprint density at radius 2 is 1.77 bits per heavy atom. The third-order valence-electron chi connectivity index (χ3n) is 5.39. The zero-order valence-electron chi connectivity index (χ0n) is 18.5. The summed E-state index contributed by atoms with van der Waals surface area (Å²) in [4.78, 5) is 16.7. The van der Waals surface area contributed by atoms with Crippen LogP contribution in [0, 0.1) is 5.82 Å². The first-order valence-corrected chi connectivity index (χ1v) is 10.8. The predicted molar refractivity (Wildman–Crippen MR) is 119 cm³/mol. The van der Waals surface area contributed by atoms with Gasteiger partial charge in [-0.25, -0.2) is 9.18 Å². The Hall–Kier alpha value is -2.96. The smallest absolute Gasteiger partial charge is 0.324 e. The van der Waals surface area contributed by atoms with Crippen LogP contribution in [0.25, 0.3) is 0 Å². The molecule has 2 aromatic carbocycles. The average molecular weight is 431 g/mol. The van der Waals surface area contributed by atoms with Crippen molar-refractivity contribution in [2.75, 3.05) is 38.8 Å². The summed E-state index contributed by atoms with van der Waals surface area (Å²) >= 11 is 0. The fourth-order valence-corrected chi connectivity index (χ4v) is 3.70. The zero-order valence-corrected chi connectivity index (χ0v) is 18.5. The van der Waals surface area contributed by atoms with Gasteiger partial charge in [0, 0.05) is 36.5 Å². The summed E-state index contributed by atoms with van der Waals surface area (Å²) < 4.78 is 30.2. The fourth-order valence-electron chi connectivity index (χ4n) is 3.70. The number of nitrogens with zero attached hydrogens (tertiary/aromatic N) is 2. The maximum absolute atomic E-state index is 13.5. The minimum Gasteiger partial charge on any atom is -0.496 e. The number of carbonyl (C=O) groups is 1. The maximum Gasteiger partial charge on any atom is 0.324 e. The van der Waals surface area contributed by atoms with Crippen LogP contribution in [0.5, 0.6) is 17.2 Å². The highest BCUT2D eigenvalue weighted by Gasteiger charge is 2.28. The van der Waals surface area contributed by atoms with Crippen LogP contribution < -0.4 is 19.1 Å². The second kappa shape index (κ2) is 10.9. The summed E-state index contributed by atoms with van der Waals surface area (Å²) in [7, 11) is 3.11. The largest absolute Gasteiger partial charge is 0.496 e. The maximum atomic E-state index is 13.5. The molecule has 0 atom stereocenters. The summed E-state index contributed by atoms with van der Waals surface area (Å²) in [6, 6.07) is 9.86. The van der Waals surface area contributed by atoms with Gasteiger partial charge in [0.1, 0.15) is 11.6 Å². The van der Waals surface area contributed by atoms with Crippen LogP contribution in [0.1, 0.15) is 38.2 Å². The molecular formula is C24H31FN2O4. The van der Waals surface area contributed by atoms with Crippen LogP contribution in [-0.2, 0) is 6.54 Å². The number of unbranched alkanes of at least 4 members (excludes halogenated alkanes) is 2. The van der Waals surface area contributed by atoms with Crippen LogP contribution >= 0.6 is 0 Å². The average Bonchev–Trinajstić information content (AvgIpc) is 2.79. The number of hydrogen-bond acceptors (Lipinski definition) is 4. The van der Waals surface area contributed by atoms with Crippen molar-refractivity contribution in [3.63, 3.8) is 0 Å². The first-order chi connectivity index (χ1) is 15.1. The van der Waals surface area contributed by atoms with Gasteiger partial charge in [-0.05, 0) is 31.0 Å². The quantitative estimate of drug-likeness (QED) is 0.484. The van der Waals surface area contributed by atoms with Crippen LogP contribution in [0.15, 0.2) is 36.4 Å². The third-order valence-corrected chi connectivity index (χ3v) is 5.39. The molecule has 168 valence electrons. The molecule has 2 aromatic rings. The van der Waals surface area contributed by atoms with E-state index in [0.29, 0.717) is 43.5 Å². The number of carbonyl (C=O) groups excluding carboxylic acids is 1. The van der Waals surface area contributed by atoms with E-state index in [1.54, 1.807) is 23.0 Å². The van der Waals surface area contributed by atoms with Crippen LogP contribution in [0.3, 0.4) is 0 Å². The molecule has 0 bridgehead atoms. The molecule has 1 fully saturated rings. The van der Waals surface area contributed by atoms with Crippen molar-refractivity contribution in [3.8, 4) is 17.2 Å². The molecule has 3 rings (SSSR count). The molecule has 0 aliphatic carbocycles. The van der Waals surface area contributed by atoms with Gasteiger partial charge in [0.05, 0.1) is 27.4 Å². The van der Waals surface area contributed by atoms with Crippen LogP contribution in [0.4, 0.5) is 14.9 Å². The lowest BCUT2D eigenvalue weighted by atomic mass is 10.1. The molecule has 0 spiro atoms. The van der Waals surface area contributed by atoms with E-state index in [1.165, 1.54) is 19.2 Å². The van der Waals surface area contributed by atoms with Crippen LogP contribution in [-0.4, -0.2) is 44.8 Å². The van der Waals surface area contributed by atoms with Gasteiger partial charge in [-0.1, -0.05) is 25.8 Å². The Labute approximate surface area is 183 Å². The summed E-state index contributed by atoms with van der Waals surface area (Å²) in [5.41, 5.74) is 1.54. The van der Waals surface area contributed by atoms with Gasteiger partial charge in [0.15, 0.2) is 11.5 Å². The summed E-state index contributed by atoms with van der Waals surface area (Å²) in [6.45, 7) is 4.37. The molecule has 2 amide bonds. The van der Waals surface area contributed by atoms with Crippen molar-refractivity contribution in [1.29, 1.82) is 0 Å². The molecule has 1 heterocycles. The van der Waals surface area contributed by atoms with Gasteiger partial charge in [0.25, 0.3) is 0 Å². The van der Waals surface area contributed by atoms with Crippen molar-refractivity contribution in [3.05, 3.63) is 47.8 Å². The van der Waals surface area contributed by atoms with Gasteiger partial charge in [0.2, 0.25) is 0 Å². The summed E-state index contributed by atoms with van der Waals surface area (Å²) in [5.74, 6) is 1.37. The molecule has 1 saturated heterocycles. The molecular weight excluding hydrogens is 399 g/mol. The number of rotatable bonds is 10. The van der Waals surface area contributed by atoms with Gasteiger partial charge in [-0.2, -0.15) is 0 Å². The first-order valence-electron chi connectivity index (χ1n) is 10.8. The van der Waals surface area contributed by atoms with Gasteiger partial charge in [-0.15, -0.1) is 0 Å². The highest BCUT2D eigenvalue weighted by Crippen LogP contribution is 2.33. The van der Waals surface area contributed by atoms with Crippen molar-refractivity contribution < 1.29 is 23.4 Å². The highest BCUT2D eigenvalue weighted by atomic mass is 19.1. The van der Waals surface area contributed by atoms with E-state index < -0.39 is 0 Å². The van der Waals surface area contributed by atoms with E-state index in [2.05, 4.69) is 6.92 Å². The zero-order chi connectivity index (χ0) is 22.2. The fraction of sp³-hybridized carbons (Fsp3) is 0.458. The topological polar surface area (TPSA) is 51.2 Å². The molecule has 6 nitrogen and oxygen atoms in total. The van der Waals surface area contributed by atoms with E-state index in [-0.39, 0.29) is 11.8 Å². The van der Waals surface area contributed by atoms with E-state index >= 15 is 0 Å². The normalized spacial score (nSPS) is 14.0. The molecule has 1 aliphatic rings. The van der Waals surface area contributed by atoms with Gasteiger partial charge < -0.3 is 19.1 Å². The molecule has 0 unspecified atom stereocenters. The number of amides is 2. The lowest BCUT2D eigenvalue weighted by molar-refractivity contribution is 0.191. The van der Waals surface area contributed by atoms with Gasteiger partial charge in [-0.3, -0.25) is 4.90 Å². The number of methoxy groups -OCH3 is 2. The number of anilines is 1. The Kier molecular flexibility index (Phi) is 7.98. The molecule has 31 heavy (non-hydrogen) atoms. The summed E-state index contributed by atoms with van der Waals surface area (Å²) in [6.07, 6.45) is 4.03. The summed E-state index contributed by atoms with van der Waals surface area (Å²) in [5, 5.41) is 0. The first kappa shape index (κ1) is 22.7. The second-order valence-electron chi connectivity index (χ2n) is 7.56. The molecule has 0 radical (unpaired) electrons. The Bertz CT molecular complexity index is 890. The number of halogens is 1. The van der Waals surface area contributed by atoms with E-state index in [9.17, 15) is 9.18 Å². The minimum atomic E-state index is -0.364. The monoisotopic (exact) mass is 430 g/mol. The van der Waals surface area contributed by atoms with Crippen molar-refractivity contribution in [2.45, 2.75) is 39.2 Å². The van der Waals surface area contributed by atoms with E-state index in [1.807, 2.05) is 18.2 Å². The molecule has 0 aromatic heterocycles. The second-order valence-corrected chi connectivity index (χ2v) is 7.56.